The van der Waals surface area contributed by atoms with Crippen LogP contribution in [0.2, 0.25) is 5.15 Å². The Bertz CT molecular complexity index is 377. The van der Waals surface area contributed by atoms with E-state index in [4.69, 9.17) is 17.3 Å². The molecule has 5 nitrogen and oxygen atoms in total. The fraction of sp³-hybridized carbons (Fsp3) is 0.455. The van der Waals surface area contributed by atoms with E-state index in [0.29, 0.717) is 23.2 Å². The summed E-state index contributed by atoms with van der Waals surface area (Å²) in [6.07, 6.45) is 0.904. The zero-order valence-corrected chi connectivity index (χ0v) is 10.7. The van der Waals surface area contributed by atoms with E-state index in [0.717, 1.165) is 6.42 Å². The number of nitrogens with one attached hydrogen (secondary N) is 2. The number of rotatable bonds is 5. The van der Waals surface area contributed by atoms with Crippen LogP contribution in [-0.4, -0.2) is 23.5 Å². The molecule has 1 aromatic rings. The van der Waals surface area contributed by atoms with Crippen molar-refractivity contribution >= 4 is 29.0 Å². The number of hydrogen-bond acceptors (Lipinski definition) is 4. The van der Waals surface area contributed by atoms with Crippen molar-refractivity contribution in [2.45, 2.75) is 26.3 Å². The van der Waals surface area contributed by atoms with Gasteiger partial charge in [0.15, 0.2) is 0 Å². The molecular formula is C11H17ClN4O. The Morgan fingerprint density at radius 2 is 2.29 bits per heavy atom. The van der Waals surface area contributed by atoms with Crippen molar-refractivity contribution in [1.29, 1.82) is 0 Å². The highest BCUT2D eigenvalue weighted by molar-refractivity contribution is 6.29. The molecule has 1 atom stereocenters. The van der Waals surface area contributed by atoms with Gasteiger partial charge in [0.2, 0.25) is 5.91 Å². The van der Waals surface area contributed by atoms with Crippen LogP contribution in [0.25, 0.3) is 0 Å². The van der Waals surface area contributed by atoms with Crippen LogP contribution in [0, 0.1) is 0 Å². The van der Waals surface area contributed by atoms with Crippen LogP contribution < -0.4 is 16.4 Å². The molecule has 1 unspecified atom stereocenters. The molecule has 1 amide bonds. The van der Waals surface area contributed by atoms with Gasteiger partial charge in [0.1, 0.15) is 17.0 Å². The standard InChI is InChI=1S/C11H17ClN4O/c1-3-4-14-11(17)7(2)15-10-6-8(13)5-9(12)16-10/h5-7H,3-4H2,1-2H3,(H,14,17)(H3,13,15,16). The third-order valence-corrected chi connectivity index (χ3v) is 2.32. The molecule has 6 heteroatoms. The van der Waals surface area contributed by atoms with Crippen molar-refractivity contribution in [3.05, 3.63) is 17.3 Å². The maximum Gasteiger partial charge on any atom is 0.242 e. The average molecular weight is 257 g/mol. The zero-order chi connectivity index (χ0) is 12.8. The summed E-state index contributed by atoms with van der Waals surface area (Å²) in [5.74, 6) is 0.418. The molecule has 0 spiro atoms. The van der Waals surface area contributed by atoms with E-state index in [1.165, 1.54) is 0 Å². The van der Waals surface area contributed by atoms with Gasteiger partial charge in [-0.2, -0.15) is 0 Å². The second-order valence-corrected chi connectivity index (χ2v) is 4.15. The summed E-state index contributed by atoms with van der Waals surface area (Å²) in [6.45, 7) is 4.41. The highest BCUT2D eigenvalue weighted by atomic mass is 35.5. The molecule has 0 aliphatic carbocycles. The SMILES string of the molecule is CCCNC(=O)C(C)Nc1cc(N)cc(Cl)n1. The van der Waals surface area contributed by atoms with Crippen LogP contribution in [0.5, 0.6) is 0 Å². The summed E-state index contributed by atoms with van der Waals surface area (Å²) in [7, 11) is 0. The van der Waals surface area contributed by atoms with Gasteiger partial charge >= 0.3 is 0 Å². The number of nitrogens with two attached hydrogens (primary N) is 1. The number of amides is 1. The molecule has 1 heterocycles. The van der Waals surface area contributed by atoms with Crippen molar-refractivity contribution in [3.63, 3.8) is 0 Å². The monoisotopic (exact) mass is 256 g/mol. The third-order valence-electron chi connectivity index (χ3n) is 2.12. The lowest BCUT2D eigenvalue weighted by Gasteiger charge is -2.14. The summed E-state index contributed by atoms with van der Waals surface area (Å²) < 4.78 is 0. The lowest BCUT2D eigenvalue weighted by atomic mass is 10.3. The van der Waals surface area contributed by atoms with E-state index in [1.807, 2.05) is 6.92 Å². The maximum atomic E-state index is 11.6. The van der Waals surface area contributed by atoms with E-state index in [-0.39, 0.29) is 11.9 Å². The van der Waals surface area contributed by atoms with Gasteiger partial charge in [-0.3, -0.25) is 4.79 Å². The third kappa shape index (κ3) is 4.48. The Labute approximate surface area is 106 Å². The summed E-state index contributed by atoms with van der Waals surface area (Å²) in [6, 6.07) is 2.80. The molecule has 0 aliphatic rings. The van der Waals surface area contributed by atoms with Crippen LogP contribution in [0.15, 0.2) is 12.1 Å². The van der Waals surface area contributed by atoms with Gasteiger partial charge in [-0.15, -0.1) is 0 Å². The molecule has 0 bridgehead atoms. The van der Waals surface area contributed by atoms with Crippen molar-refractivity contribution in [2.24, 2.45) is 0 Å². The normalized spacial score (nSPS) is 11.9. The summed E-state index contributed by atoms with van der Waals surface area (Å²) in [5, 5.41) is 6.03. The molecule has 94 valence electrons. The molecule has 0 saturated heterocycles. The van der Waals surface area contributed by atoms with Gasteiger partial charge in [-0.05, 0) is 19.4 Å². The highest BCUT2D eigenvalue weighted by Gasteiger charge is 2.12. The van der Waals surface area contributed by atoms with E-state index < -0.39 is 0 Å². The molecule has 1 aromatic heterocycles. The molecule has 17 heavy (non-hydrogen) atoms. The van der Waals surface area contributed by atoms with Gasteiger partial charge in [0, 0.05) is 18.3 Å². The fourth-order valence-electron chi connectivity index (χ4n) is 1.28. The maximum absolute atomic E-state index is 11.6. The number of anilines is 2. The quantitative estimate of drug-likeness (QED) is 0.700. The minimum Gasteiger partial charge on any atom is -0.399 e. The van der Waals surface area contributed by atoms with Crippen LogP contribution >= 0.6 is 11.6 Å². The minimum absolute atomic E-state index is 0.0767. The molecule has 0 aromatic carbocycles. The topological polar surface area (TPSA) is 80.0 Å². The number of halogens is 1. The second kappa shape index (κ2) is 6.30. The van der Waals surface area contributed by atoms with Crippen molar-refractivity contribution in [3.8, 4) is 0 Å². The first-order valence-electron chi connectivity index (χ1n) is 5.50. The van der Waals surface area contributed by atoms with Gasteiger partial charge in [-0.25, -0.2) is 4.98 Å². The molecule has 0 fully saturated rings. The van der Waals surface area contributed by atoms with Gasteiger partial charge < -0.3 is 16.4 Å². The Morgan fingerprint density at radius 3 is 2.88 bits per heavy atom. The first kappa shape index (κ1) is 13.6. The number of carbonyl (C=O) groups excluding carboxylic acids is 1. The molecule has 0 saturated carbocycles. The van der Waals surface area contributed by atoms with Gasteiger partial charge in [0.05, 0.1) is 0 Å². The summed E-state index contributed by atoms with van der Waals surface area (Å²) >= 11 is 5.77. The number of aromatic nitrogens is 1. The van der Waals surface area contributed by atoms with Crippen molar-refractivity contribution < 1.29 is 4.79 Å². The van der Waals surface area contributed by atoms with Gasteiger partial charge in [-0.1, -0.05) is 18.5 Å². The van der Waals surface area contributed by atoms with Crippen LogP contribution in [0.4, 0.5) is 11.5 Å². The van der Waals surface area contributed by atoms with E-state index in [9.17, 15) is 4.79 Å². The molecule has 0 aliphatic heterocycles. The number of hydrogen-bond donors (Lipinski definition) is 3. The Hall–Kier alpha value is -1.49. The van der Waals surface area contributed by atoms with Crippen molar-refractivity contribution in [1.82, 2.24) is 10.3 Å². The Balaban J connectivity index is 2.60. The Morgan fingerprint density at radius 1 is 1.59 bits per heavy atom. The van der Waals surface area contributed by atoms with E-state index in [2.05, 4.69) is 15.6 Å². The van der Waals surface area contributed by atoms with Crippen molar-refractivity contribution in [2.75, 3.05) is 17.6 Å². The molecular weight excluding hydrogens is 240 g/mol. The molecule has 4 N–H and O–H groups in total. The zero-order valence-electron chi connectivity index (χ0n) is 9.96. The Kier molecular flexibility index (Phi) is 5.03. The van der Waals surface area contributed by atoms with Crippen LogP contribution in [0.3, 0.4) is 0 Å². The largest absolute Gasteiger partial charge is 0.399 e. The number of nitrogen functional groups attached to an aromatic ring is 1. The predicted molar refractivity (Wildman–Crippen MR) is 70.0 cm³/mol. The molecule has 0 radical (unpaired) electrons. The van der Waals surface area contributed by atoms with E-state index >= 15 is 0 Å². The van der Waals surface area contributed by atoms with Gasteiger partial charge in [0.25, 0.3) is 0 Å². The highest BCUT2D eigenvalue weighted by Crippen LogP contribution is 2.16. The lowest BCUT2D eigenvalue weighted by Crippen LogP contribution is -2.38. The van der Waals surface area contributed by atoms with Crippen LogP contribution in [0.1, 0.15) is 20.3 Å². The lowest BCUT2D eigenvalue weighted by molar-refractivity contribution is -0.121. The van der Waals surface area contributed by atoms with Crippen LogP contribution in [-0.2, 0) is 4.79 Å². The average Bonchev–Trinajstić information content (AvgIpc) is 2.24. The number of carbonyl (C=O) groups is 1. The second-order valence-electron chi connectivity index (χ2n) is 3.77. The first-order chi connectivity index (χ1) is 8.02. The van der Waals surface area contributed by atoms with E-state index in [1.54, 1.807) is 19.1 Å². The molecule has 1 rings (SSSR count). The summed E-state index contributed by atoms with van der Waals surface area (Å²) in [5.41, 5.74) is 6.13. The minimum atomic E-state index is -0.382. The summed E-state index contributed by atoms with van der Waals surface area (Å²) in [4.78, 5) is 15.6. The smallest absolute Gasteiger partial charge is 0.242 e. The first-order valence-corrected chi connectivity index (χ1v) is 5.88. The fourth-order valence-corrected chi connectivity index (χ4v) is 1.50. The number of nitrogens with zero attached hydrogens (tertiary/aromatic N) is 1. The predicted octanol–water partition coefficient (Wildman–Crippen LogP) is 1.64. The number of pyridine rings is 1.